The van der Waals surface area contributed by atoms with Crippen molar-refractivity contribution in [3.63, 3.8) is 0 Å². The van der Waals surface area contributed by atoms with Crippen LogP contribution in [0.3, 0.4) is 0 Å². The zero-order valence-electron chi connectivity index (χ0n) is 18.7. The molecule has 0 radical (unpaired) electrons. The van der Waals surface area contributed by atoms with Crippen LogP contribution in [-0.2, 0) is 18.4 Å². The van der Waals surface area contributed by atoms with Gasteiger partial charge in [0.15, 0.2) is 0 Å². The molecule has 0 fully saturated rings. The molecular weight excluding hydrogens is 382 g/mol. The van der Waals surface area contributed by atoms with Crippen LogP contribution in [0.4, 0.5) is 0 Å². The minimum atomic E-state index is -0.116. The average Bonchev–Trinajstić information content (AvgIpc) is 3.04. The highest BCUT2D eigenvalue weighted by atomic mass is 16.2. The smallest absolute Gasteiger partial charge is 0.247 e. The Morgan fingerprint density at radius 1 is 0.806 bits per heavy atom. The highest BCUT2D eigenvalue weighted by molar-refractivity contribution is 5.38. The number of rotatable bonds is 5. The average molecular weight is 412 g/mol. The molecule has 0 bridgehead atoms. The van der Waals surface area contributed by atoms with Gasteiger partial charge in [-0.3, -0.25) is 0 Å². The zero-order valence-corrected chi connectivity index (χ0v) is 18.7. The van der Waals surface area contributed by atoms with Gasteiger partial charge in [-0.05, 0) is 41.2 Å². The van der Waals surface area contributed by atoms with E-state index in [1.54, 1.807) is 9.25 Å². The SMILES string of the molecule is Cc1ccc(Cc2nn(Cc3ccccc3)c(=O)n2-c2ccc(C(C)(C)C)cc2)cc1. The molecule has 31 heavy (non-hydrogen) atoms. The van der Waals surface area contributed by atoms with E-state index in [1.165, 1.54) is 11.1 Å². The number of nitrogens with zero attached hydrogens (tertiary/aromatic N) is 3. The molecule has 0 unspecified atom stereocenters. The summed E-state index contributed by atoms with van der Waals surface area (Å²) >= 11 is 0. The van der Waals surface area contributed by atoms with Crippen LogP contribution in [0.2, 0.25) is 0 Å². The highest BCUT2D eigenvalue weighted by Crippen LogP contribution is 2.23. The van der Waals surface area contributed by atoms with E-state index in [1.807, 2.05) is 42.5 Å². The van der Waals surface area contributed by atoms with E-state index >= 15 is 0 Å². The normalized spacial score (nSPS) is 11.6. The molecule has 158 valence electrons. The Morgan fingerprint density at radius 2 is 1.45 bits per heavy atom. The standard InChI is InChI=1S/C27H29N3O/c1-20-10-12-21(13-11-20)18-25-28-29(19-22-8-6-5-7-9-22)26(31)30(25)24-16-14-23(15-17-24)27(2,3)4/h5-17H,18-19H2,1-4H3. The molecule has 4 heteroatoms. The van der Waals surface area contributed by atoms with Crippen molar-refractivity contribution in [2.45, 2.75) is 46.1 Å². The van der Waals surface area contributed by atoms with Crippen molar-refractivity contribution in [2.75, 3.05) is 0 Å². The molecule has 0 aliphatic carbocycles. The van der Waals surface area contributed by atoms with Crippen LogP contribution in [0.5, 0.6) is 0 Å². The minimum Gasteiger partial charge on any atom is -0.247 e. The lowest BCUT2D eigenvalue weighted by molar-refractivity contribution is 0.590. The van der Waals surface area contributed by atoms with Crippen molar-refractivity contribution in [3.8, 4) is 5.69 Å². The molecular formula is C27H29N3O. The van der Waals surface area contributed by atoms with E-state index in [4.69, 9.17) is 5.10 Å². The first kappa shape index (κ1) is 20.9. The fourth-order valence-electron chi connectivity index (χ4n) is 3.68. The van der Waals surface area contributed by atoms with Crippen LogP contribution >= 0.6 is 0 Å². The van der Waals surface area contributed by atoms with Gasteiger partial charge >= 0.3 is 5.69 Å². The van der Waals surface area contributed by atoms with E-state index in [9.17, 15) is 4.79 Å². The third-order valence-electron chi connectivity index (χ3n) is 5.56. The zero-order chi connectivity index (χ0) is 22.0. The van der Waals surface area contributed by atoms with Gasteiger partial charge in [-0.1, -0.05) is 93.1 Å². The van der Waals surface area contributed by atoms with Gasteiger partial charge in [0.25, 0.3) is 0 Å². The van der Waals surface area contributed by atoms with Crippen LogP contribution in [0, 0.1) is 6.92 Å². The maximum absolute atomic E-state index is 13.4. The molecule has 0 spiro atoms. The number of aryl methyl sites for hydroxylation is 1. The second-order valence-electron chi connectivity index (χ2n) is 9.14. The summed E-state index contributed by atoms with van der Waals surface area (Å²) < 4.78 is 3.31. The summed E-state index contributed by atoms with van der Waals surface area (Å²) in [6, 6.07) is 26.6. The molecule has 3 aromatic carbocycles. The van der Waals surface area contributed by atoms with Gasteiger partial charge in [0.1, 0.15) is 5.82 Å². The van der Waals surface area contributed by atoms with Crippen LogP contribution in [0.15, 0.2) is 83.7 Å². The first-order valence-electron chi connectivity index (χ1n) is 10.7. The lowest BCUT2D eigenvalue weighted by atomic mass is 9.87. The molecule has 1 aromatic heterocycles. The van der Waals surface area contributed by atoms with Crippen molar-refractivity contribution in [3.05, 3.63) is 117 Å². The van der Waals surface area contributed by atoms with Gasteiger partial charge in [0, 0.05) is 6.42 Å². The van der Waals surface area contributed by atoms with Crippen molar-refractivity contribution < 1.29 is 0 Å². The van der Waals surface area contributed by atoms with Crippen LogP contribution in [0.25, 0.3) is 5.69 Å². The Morgan fingerprint density at radius 3 is 2.06 bits per heavy atom. The van der Waals surface area contributed by atoms with Gasteiger partial charge in [-0.25, -0.2) is 14.0 Å². The molecule has 0 aliphatic heterocycles. The number of benzene rings is 3. The summed E-state index contributed by atoms with van der Waals surface area (Å²) in [7, 11) is 0. The summed E-state index contributed by atoms with van der Waals surface area (Å²) in [4.78, 5) is 13.4. The predicted octanol–water partition coefficient (Wildman–Crippen LogP) is 5.28. The summed E-state index contributed by atoms with van der Waals surface area (Å²) in [5, 5.41) is 4.74. The van der Waals surface area contributed by atoms with Gasteiger partial charge in [0.05, 0.1) is 12.2 Å². The number of aromatic nitrogens is 3. The highest BCUT2D eigenvalue weighted by Gasteiger charge is 2.18. The van der Waals surface area contributed by atoms with E-state index in [0.29, 0.717) is 13.0 Å². The topological polar surface area (TPSA) is 39.8 Å². The fourth-order valence-corrected chi connectivity index (χ4v) is 3.68. The Balaban J connectivity index is 1.77. The second kappa shape index (κ2) is 8.38. The summed E-state index contributed by atoms with van der Waals surface area (Å²) in [6.45, 7) is 9.09. The molecule has 0 N–H and O–H groups in total. The van der Waals surface area contributed by atoms with Crippen LogP contribution in [0.1, 0.15) is 48.8 Å². The fraction of sp³-hybridized carbons (Fsp3) is 0.259. The first-order chi connectivity index (χ1) is 14.8. The van der Waals surface area contributed by atoms with Crippen molar-refractivity contribution in [1.29, 1.82) is 0 Å². The maximum Gasteiger partial charge on any atom is 0.350 e. The molecule has 0 amide bonds. The Hall–Kier alpha value is -3.40. The largest absolute Gasteiger partial charge is 0.350 e. The third-order valence-corrected chi connectivity index (χ3v) is 5.56. The van der Waals surface area contributed by atoms with Gasteiger partial charge in [-0.2, -0.15) is 5.10 Å². The van der Waals surface area contributed by atoms with E-state index in [-0.39, 0.29) is 11.1 Å². The molecule has 0 saturated carbocycles. The number of hydrogen-bond acceptors (Lipinski definition) is 2. The molecule has 4 nitrogen and oxygen atoms in total. The van der Waals surface area contributed by atoms with Gasteiger partial charge in [0.2, 0.25) is 0 Å². The van der Waals surface area contributed by atoms with E-state index in [2.05, 4.69) is 64.1 Å². The number of hydrogen-bond donors (Lipinski definition) is 0. The Kier molecular flexibility index (Phi) is 5.64. The molecule has 4 rings (SSSR count). The van der Waals surface area contributed by atoms with Crippen molar-refractivity contribution in [2.24, 2.45) is 0 Å². The molecule has 0 atom stereocenters. The molecule has 4 aromatic rings. The first-order valence-corrected chi connectivity index (χ1v) is 10.7. The van der Waals surface area contributed by atoms with Crippen molar-refractivity contribution >= 4 is 0 Å². The Bertz CT molecular complexity index is 1210. The molecule has 0 aliphatic rings. The summed E-state index contributed by atoms with van der Waals surface area (Å²) in [5.41, 5.74) is 5.43. The second-order valence-corrected chi connectivity index (χ2v) is 9.14. The van der Waals surface area contributed by atoms with Crippen molar-refractivity contribution in [1.82, 2.24) is 14.3 Å². The lowest BCUT2D eigenvalue weighted by Gasteiger charge is -2.19. The van der Waals surface area contributed by atoms with E-state index < -0.39 is 0 Å². The van der Waals surface area contributed by atoms with Crippen LogP contribution < -0.4 is 5.69 Å². The molecule has 1 heterocycles. The molecule has 0 saturated heterocycles. The third kappa shape index (κ3) is 4.69. The Labute approximate surface area is 183 Å². The lowest BCUT2D eigenvalue weighted by Crippen LogP contribution is -2.25. The minimum absolute atomic E-state index is 0.0612. The summed E-state index contributed by atoms with van der Waals surface area (Å²) in [5.74, 6) is 0.744. The quantitative estimate of drug-likeness (QED) is 0.448. The van der Waals surface area contributed by atoms with Crippen LogP contribution in [-0.4, -0.2) is 14.3 Å². The monoisotopic (exact) mass is 411 g/mol. The van der Waals surface area contributed by atoms with Gasteiger partial charge in [-0.15, -0.1) is 0 Å². The predicted molar refractivity (Wildman–Crippen MR) is 126 cm³/mol. The van der Waals surface area contributed by atoms with Gasteiger partial charge < -0.3 is 0 Å². The van der Waals surface area contributed by atoms with E-state index in [0.717, 1.165) is 22.6 Å². The summed E-state index contributed by atoms with van der Waals surface area (Å²) in [6.07, 6.45) is 0.596. The maximum atomic E-state index is 13.4.